The lowest BCUT2D eigenvalue weighted by Crippen LogP contribution is -2.38. The van der Waals surface area contributed by atoms with E-state index in [0.29, 0.717) is 36.7 Å². The van der Waals surface area contributed by atoms with E-state index < -0.39 is 0 Å². The van der Waals surface area contributed by atoms with Gasteiger partial charge in [-0.2, -0.15) is 0 Å². The molecule has 32 heavy (non-hydrogen) atoms. The molecule has 0 heterocycles. The molecule has 0 aromatic heterocycles. The number of nitrogens with zero attached hydrogens (tertiary/aromatic N) is 2. The second kappa shape index (κ2) is 13.1. The van der Waals surface area contributed by atoms with E-state index in [1.807, 2.05) is 61.5 Å². The molecule has 0 aliphatic rings. The average Bonchev–Trinajstić information content (AvgIpc) is 2.80. The maximum absolute atomic E-state index is 12.3. The van der Waals surface area contributed by atoms with Gasteiger partial charge in [0.05, 0.1) is 0 Å². The zero-order chi connectivity index (χ0) is 23.3. The molecule has 0 atom stereocenters. The highest BCUT2D eigenvalue weighted by Gasteiger charge is 2.07. The highest BCUT2D eigenvalue weighted by atomic mass is 16.2. The topological polar surface area (TPSA) is 97.9 Å². The molecule has 0 fully saturated rings. The Bertz CT molecular complexity index is 926. The van der Waals surface area contributed by atoms with Crippen molar-refractivity contribution in [2.24, 2.45) is 4.99 Å². The first-order valence-corrected chi connectivity index (χ1v) is 10.7. The van der Waals surface area contributed by atoms with Gasteiger partial charge in [-0.1, -0.05) is 24.3 Å². The van der Waals surface area contributed by atoms with Crippen molar-refractivity contribution in [1.29, 1.82) is 0 Å². The molecule has 0 radical (unpaired) electrons. The zero-order valence-corrected chi connectivity index (χ0v) is 19.4. The Morgan fingerprint density at radius 2 is 1.53 bits per heavy atom. The van der Waals surface area contributed by atoms with E-state index in [-0.39, 0.29) is 11.8 Å². The lowest BCUT2D eigenvalue weighted by molar-refractivity contribution is 0.0947. The summed E-state index contributed by atoms with van der Waals surface area (Å²) in [4.78, 5) is 30.4. The van der Waals surface area contributed by atoms with Gasteiger partial charge in [-0.25, -0.2) is 0 Å². The van der Waals surface area contributed by atoms with E-state index in [4.69, 9.17) is 0 Å². The van der Waals surface area contributed by atoms with Crippen LogP contribution in [0.2, 0.25) is 0 Å². The summed E-state index contributed by atoms with van der Waals surface area (Å²) in [6.45, 7) is 2.62. The number of nitrogens with one attached hydrogen (secondary N) is 4. The Balaban J connectivity index is 1.82. The number of rotatable bonds is 10. The largest absolute Gasteiger partial charge is 0.356 e. The lowest BCUT2D eigenvalue weighted by atomic mass is 10.1. The molecule has 2 amide bonds. The van der Waals surface area contributed by atoms with Gasteiger partial charge in [-0.15, -0.1) is 0 Å². The summed E-state index contributed by atoms with van der Waals surface area (Å²) in [5.41, 5.74) is 3.36. The van der Waals surface area contributed by atoms with E-state index in [0.717, 1.165) is 24.1 Å². The highest BCUT2D eigenvalue weighted by Crippen LogP contribution is 2.07. The smallest absolute Gasteiger partial charge is 0.251 e. The van der Waals surface area contributed by atoms with Crippen LogP contribution in [0.3, 0.4) is 0 Å². The second-order valence-electron chi connectivity index (χ2n) is 7.64. The molecule has 0 spiro atoms. The first-order valence-electron chi connectivity index (χ1n) is 10.7. The predicted molar refractivity (Wildman–Crippen MR) is 129 cm³/mol. The number of amides is 2. The van der Waals surface area contributed by atoms with E-state index in [1.54, 1.807) is 20.2 Å². The molecule has 2 aromatic carbocycles. The Morgan fingerprint density at radius 1 is 0.875 bits per heavy atom. The van der Waals surface area contributed by atoms with Crippen LogP contribution in [-0.2, 0) is 13.0 Å². The third-order valence-corrected chi connectivity index (χ3v) is 4.84. The van der Waals surface area contributed by atoms with E-state index in [2.05, 4.69) is 26.3 Å². The van der Waals surface area contributed by atoms with Crippen LogP contribution in [0.1, 0.15) is 31.8 Å². The van der Waals surface area contributed by atoms with Crippen LogP contribution in [0.4, 0.5) is 0 Å². The van der Waals surface area contributed by atoms with E-state index in [1.165, 1.54) is 0 Å². The van der Waals surface area contributed by atoms with E-state index >= 15 is 0 Å². The molecule has 0 saturated carbocycles. The number of guanidine groups is 1. The fraction of sp³-hybridized carbons (Fsp3) is 0.375. The molecule has 0 unspecified atom stereocenters. The monoisotopic (exact) mass is 438 g/mol. The van der Waals surface area contributed by atoms with Crippen molar-refractivity contribution in [2.45, 2.75) is 13.0 Å². The van der Waals surface area contributed by atoms with Crippen molar-refractivity contribution in [2.75, 3.05) is 47.8 Å². The number of hydrogen-bond donors (Lipinski definition) is 4. The first kappa shape index (κ1) is 24.9. The SMILES string of the molecule is CN=C(NCCc1cccc(C(=O)NC)c1)NCc1cccc(C(=O)NCCN(C)C)c1. The van der Waals surface area contributed by atoms with Crippen LogP contribution < -0.4 is 21.3 Å². The molecule has 8 nitrogen and oxygen atoms in total. The molecule has 0 aliphatic carbocycles. The Labute approximate surface area is 190 Å². The molecule has 2 aromatic rings. The van der Waals surface area contributed by atoms with Crippen molar-refractivity contribution in [3.05, 3.63) is 70.8 Å². The third-order valence-electron chi connectivity index (χ3n) is 4.84. The number of hydrogen-bond acceptors (Lipinski definition) is 4. The number of benzene rings is 2. The maximum atomic E-state index is 12.3. The molecule has 4 N–H and O–H groups in total. The molecule has 172 valence electrons. The minimum atomic E-state index is -0.0918. The van der Waals surface area contributed by atoms with Gasteiger partial charge in [-0.3, -0.25) is 14.6 Å². The number of likely N-dealkylation sites (N-methyl/N-ethyl adjacent to an activating group) is 1. The van der Waals surface area contributed by atoms with Gasteiger partial charge in [0.1, 0.15) is 0 Å². The van der Waals surface area contributed by atoms with Gasteiger partial charge < -0.3 is 26.2 Å². The van der Waals surface area contributed by atoms with Crippen LogP contribution >= 0.6 is 0 Å². The molecular weight excluding hydrogens is 404 g/mol. The van der Waals surface area contributed by atoms with Gasteiger partial charge in [0.15, 0.2) is 5.96 Å². The summed E-state index contributed by atoms with van der Waals surface area (Å²) in [6.07, 6.45) is 0.758. The van der Waals surface area contributed by atoms with Gasteiger partial charge >= 0.3 is 0 Å². The van der Waals surface area contributed by atoms with Gasteiger partial charge in [0.25, 0.3) is 11.8 Å². The van der Waals surface area contributed by atoms with Crippen molar-refractivity contribution < 1.29 is 9.59 Å². The van der Waals surface area contributed by atoms with E-state index in [9.17, 15) is 9.59 Å². The molecule has 2 rings (SSSR count). The van der Waals surface area contributed by atoms with Crippen LogP contribution in [0, 0.1) is 0 Å². The highest BCUT2D eigenvalue weighted by molar-refractivity contribution is 5.94. The summed E-state index contributed by atoms with van der Waals surface area (Å²) in [7, 11) is 7.29. The molecule has 0 bridgehead atoms. The summed E-state index contributed by atoms with van der Waals surface area (Å²) < 4.78 is 0. The average molecular weight is 439 g/mol. The molecule has 8 heteroatoms. The minimum Gasteiger partial charge on any atom is -0.356 e. The van der Waals surface area contributed by atoms with Crippen molar-refractivity contribution >= 4 is 17.8 Å². The lowest BCUT2D eigenvalue weighted by Gasteiger charge is -2.13. The summed E-state index contributed by atoms with van der Waals surface area (Å²) in [6, 6.07) is 15.1. The van der Waals surface area contributed by atoms with Crippen molar-refractivity contribution in [3.63, 3.8) is 0 Å². The van der Waals surface area contributed by atoms with Crippen LogP contribution in [0.15, 0.2) is 53.5 Å². The quantitative estimate of drug-likeness (QED) is 0.331. The Kier molecular flexibility index (Phi) is 10.2. The first-order chi connectivity index (χ1) is 15.4. The van der Waals surface area contributed by atoms with Crippen LogP contribution in [0.5, 0.6) is 0 Å². The van der Waals surface area contributed by atoms with Crippen LogP contribution in [0.25, 0.3) is 0 Å². The Hall–Kier alpha value is -3.39. The minimum absolute atomic E-state index is 0.0739. The number of carbonyl (C=O) groups excluding carboxylic acids is 2. The molecular formula is C24H34N6O2. The summed E-state index contributed by atoms with van der Waals surface area (Å²) in [5, 5.41) is 12.1. The van der Waals surface area contributed by atoms with Crippen LogP contribution in [-0.4, -0.2) is 70.5 Å². The fourth-order valence-corrected chi connectivity index (χ4v) is 3.06. The van der Waals surface area contributed by atoms with Crippen molar-refractivity contribution in [3.8, 4) is 0 Å². The summed E-state index contributed by atoms with van der Waals surface area (Å²) in [5.74, 6) is 0.509. The number of carbonyl (C=O) groups is 2. The Morgan fingerprint density at radius 3 is 2.19 bits per heavy atom. The fourth-order valence-electron chi connectivity index (χ4n) is 3.06. The van der Waals surface area contributed by atoms with Gasteiger partial charge in [0, 0.05) is 51.4 Å². The van der Waals surface area contributed by atoms with Gasteiger partial charge in [0.2, 0.25) is 0 Å². The molecule has 0 aliphatic heterocycles. The number of aliphatic imine (C=N–C) groups is 1. The second-order valence-corrected chi connectivity index (χ2v) is 7.64. The zero-order valence-electron chi connectivity index (χ0n) is 19.4. The normalized spacial score (nSPS) is 11.2. The summed E-state index contributed by atoms with van der Waals surface area (Å²) >= 11 is 0. The molecule has 0 saturated heterocycles. The van der Waals surface area contributed by atoms with Gasteiger partial charge in [-0.05, 0) is 55.9 Å². The maximum Gasteiger partial charge on any atom is 0.251 e. The van der Waals surface area contributed by atoms with Crippen molar-refractivity contribution in [1.82, 2.24) is 26.2 Å². The predicted octanol–water partition coefficient (Wildman–Crippen LogP) is 1.25. The standard InChI is InChI=1S/C24H34N6O2/c1-25-22(31)20-9-5-7-18(15-20)11-12-28-24(26-2)29-17-19-8-6-10-21(16-19)23(32)27-13-14-30(3)4/h5-10,15-16H,11-14,17H2,1-4H3,(H,25,31)(H,27,32)(H2,26,28,29). The third kappa shape index (κ3) is 8.39.